The van der Waals surface area contributed by atoms with Crippen molar-refractivity contribution in [2.24, 2.45) is 0 Å². The number of piperazine rings is 1. The Morgan fingerprint density at radius 2 is 1.61 bits per heavy atom. The van der Waals surface area contributed by atoms with Crippen LogP contribution in [0.1, 0.15) is 13.3 Å². The molecule has 0 aliphatic carbocycles. The molecule has 2 aromatic carbocycles. The molecule has 3 rings (SSSR count). The third-order valence-electron chi connectivity index (χ3n) is 5.23. The molecule has 1 saturated heterocycles. The van der Waals surface area contributed by atoms with Gasteiger partial charge >= 0.3 is 0 Å². The predicted molar refractivity (Wildman–Crippen MR) is 120 cm³/mol. The molecule has 1 aliphatic heterocycles. The Bertz CT molecular complexity index is 979. The van der Waals surface area contributed by atoms with Gasteiger partial charge in [0, 0.05) is 54.8 Å². The monoisotopic (exact) mass is 467 g/mol. The van der Waals surface area contributed by atoms with Gasteiger partial charge in [0.1, 0.15) is 11.6 Å². The summed E-state index contributed by atoms with van der Waals surface area (Å²) in [6, 6.07) is 7.33. The summed E-state index contributed by atoms with van der Waals surface area (Å²) in [5.41, 5.74) is 1.50. The van der Waals surface area contributed by atoms with E-state index in [9.17, 15) is 14.0 Å². The summed E-state index contributed by atoms with van der Waals surface area (Å²) < 4.78 is 19.1. The first-order valence-electron chi connectivity index (χ1n) is 9.96. The van der Waals surface area contributed by atoms with E-state index >= 15 is 0 Å². The Morgan fingerprint density at radius 1 is 1.00 bits per heavy atom. The van der Waals surface area contributed by atoms with Gasteiger partial charge in [0.25, 0.3) is 0 Å². The zero-order valence-electron chi connectivity index (χ0n) is 17.4. The van der Waals surface area contributed by atoms with Crippen LogP contribution in [-0.2, 0) is 9.59 Å². The summed E-state index contributed by atoms with van der Waals surface area (Å²) in [7, 11) is 1.50. The minimum Gasteiger partial charge on any atom is -0.495 e. The standard InChI is InChI=1S/C22H24Cl2FN3O3/c1-3-21(29)27-6-8-28(9-7-27)22(30)13-26-19-11-16(18(24)12-20(19)31-2)15-10-14(25)4-5-17(15)23/h4-5,10-12,26H,3,6-9,13H2,1-2H3. The number of hydrogen-bond donors (Lipinski definition) is 1. The molecule has 0 bridgehead atoms. The van der Waals surface area contributed by atoms with Crippen LogP contribution in [0.5, 0.6) is 5.75 Å². The van der Waals surface area contributed by atoms with Gasteiger partial charge in [-0.1, -0.05) is 30.1 Å². The van der Waals surface area contributed by atoms with Gasteiger partial charge in [-0.15, -0.1) is 0 Å². The van der Waals surface area contributed by atoms with Gasteiger partial charge in [-0.3, -0.25) is 9.59 Å². The molecule has 1 N–H and O–H groups in total. The predicted octanol–water partition coefficient (Wildman–Crippen LogP) is 4.30. The minimum absolute atomic E-state index is 0.0377. The average molecular weight is 468 g/mol. The van der Waals surface area contributed by atoms with Crippen LogP contribution in [0.15, 0.2) is 30.3 Å². The van der Waals surface area contributed by atoms with Crippen molar-refractivity contribution in [3.63, 3.8) is 0 Å². The van der Waals surface area contributed by atoms with Crippen LogP contribution in [-0.4, -0.2) is 61.4 Å². The fourth-order valence-corrected chi connectivity index (χ4v) is 3.96. The highest BCUT2D eigenvalue weighted by molar-refractivity contribution is 6.36. The highest BCUT2D eigenvalue weighted by Gasteiger charge is 2.23. The van der Waals surface area contributed by atoms with Gasteiger partial charge in [-0.25, -0.2) is 4.39 Å². The summed E-state index contributed by atoms with van der Waals surface area (Å²) in [6.07, 6.45) is 0.462. The highest BCUT2D eigenvalue weighted by atomic mass is 35.5. The van der Waals surface area contributed by atoms with Crippen molar-refractivity contribution in [2.75, 3.05) is 45.2 Å². The number of anilines is 1. The van der Waals surface area contributed by atoms with Crippen LogP contribution < -0.4 is 10.1 Å². The quantitative estimate of drug-likeness (QED) is 0.687. The lowest BCUT2D eigenvalue weighted by atomic mass is 10.0. The first kappa shape index (κ1) is 23.2. The zero-order chi connectivity index (χ0) is 22.5. The maximum Gasteiger partial charge on any atom is 0.241 e. The molecule has 0 unspecified atom stereocenters. The van der Waals surface area contributed by atoms with Crippen LogP contribution in [0.3, 0.4) is 0 Å². The average Bonchev–Trinajstić information content (AvgIpc) is 2.79. The van der Waals surface area contributed by atoms with E-state index in [1.54, 1.807) is 21.9 Å². The van der Waals surface area contributed by atoms with E-state index in [2.05, 4.69) is 5.32 Å². The summed E-state index contributed by atoms with van der Waals surface area (Å²) in [6.45, 7) is 3.92. The summed E-state index contributed by atoms with van der Waals surface area (Å²) >= 11 is 12.6. The van der Waals surface area contributed by atoms with Crippen molar-refractivity contribution in [3.8, 4) is 16.9 Å². The number of hydrogen-bond acceptors (Lipinski definition) is 4. The van der Waals surface area contributed by atoms with Gasteiger partial charge in [-0.05, 0) is 24.3 Å². The molecule has 0 atom stereocenters. The second-order valence-corrected chi connectivity index (χ2v) is 7.94. The number of rotatable bonds is 6. The number of methoxy groups -OCH3 is 1. The lowest BCUT2D eigenvalue weighted by molar-refractivity contribution is -0.138. The Labute approximate surface area is 190 Å². The molecule has 9 heteroatoms. The molecular formula is C22H24Cl2FN3O3. The van der Waals surface area contributed by atoms with Crippen molar-refractivity contribution in [3.05, 3.63) is 46.2 Å². The van der Waals surface area contributed by atoms with Crippen molar-refractivity contribution < 1.29 is 18.7 Å². The third kappa shape index (κ3) is 5.40. The number of nitrogens with zero attached hydrogens (tertiary/aromatic N) is 2. The van der Waals surface area contributed by atoms with E-state index in [1.807, 2.05) is 6.92 Å². The Balaban J connectivity index is 1.73. The fraction of sp³-hybridized carbons (Fsp3) is 0.364. The van der Waals surface area contributed by atoms with Crippen LogP contribution in [0.25, 0.3) is 11.1 Å². The van der Waals surface area contributed by atoms with E-state index in [0.717, 1.165) is 0 Å². The van der Waals surface area contributed by atoms with Crippen LogP contribution in [0.2, 0.25) is 10.0 Å². The lowest BCUT2D eigenvalue weighted by Crippen LogP contribution is -2.51. The largest absolute Gasteiger partial charge is 0.495 e. The molecule has 1 heterocycles. The van der Waals surface area contributed by atoms with Gasteiger partial charge in [0.15, 0.2) is 0 Å². The zero-order valence-corrected chi connectivity index (χ0v) is 18.9. The van der Waals surface area contributed by atoms with Crippen LogP contribution in [0.4, 0.5) is 10.1 Å². The second-order valence-electron chi connectivity index (χ2n) is 7.13. The summed E-state index contributed by atoms with van der Waals surface area (Å²) in [5.74, 6) is 0.0229. The van der Waals surface area contributed by atoms with Crippen LogP contribution >= 0.6 is 23.2 Å². The molecule has 2 aromatic rings. The molecule has 6 nitrogen and oxygen atoms in total. The van der Waals surface area contributed by atoms with Crippen molar-refractivity contribution in [1.82, 2.24) is 9.80 Å². The number of carbonyl (C=O) groups excluding carboxylic acids is 2. The second kappa shape index (κ2) is 10.2. The van der Waals surface area contributed by atoms with E-state index in [-0.39, 0.29) is 18.4 Å². The van der Waals surface area contributed by atoms with Crippen LogP contribution in [0, 0.1) is 5.82 Å². The molecule has 1 fully saturated rings. The molecule has 0 spiro atoms. The van der Waals surface area contributed by atoms with Crippen molar-refractivity contribution >= 4 is 40.7 Å². The summed E-state index contributed by atoms with van der Waals surface area (Å²) in [5, 5.41) is 3.79. The number of benzene rings is 2. The molecule has 0 saturated carbocycles. The maximum absolute atomic E-state index is 13.8. The number of nitrogens with one attached hydrogen (secondary N) is 1. The highest BCUT2D eigenvalue weighted by Crippen LogP contribution is 2.39. The van der Waals surface area contributed by atoms with E-state index < -0.39 is 5.82 Å². The van der Waals surface area contributed by atoms with Crippen molar-refractivity contribution in [1.29, 1.82) is 0 Å². The molecular weight excluding hydrogens is 444 g/mol. The number of halogens is 3. The molecule has 1 aliphatic rings. The number of ether oxygens (including phenoxy) is 1. The Kier molecular flexibility index (Phi) is 7.62. The first-order chi connectivity index (χ1) is 14.8. The van der Waals surface area contributed by atoms with Gasteiger partial charge in [0.2, 0.25) is 11.8 Å². The van der Waals surface area contributed by atoms with Gasteiger partial charge in [-0.2, -0.15) is 0 Å². The first-order valence-corrected chi connectivity index (χ1v) is 10.7. The summed E-state index contributed by atoms with van der Waals surface area (Å²) in [4.78, 5) is 28.0. The minimum atomic E-state index is -0.434. The third-order valence-corrected chi connectivity index (χ3v) is 5.87. The molecule has 31 heavy (non-hydrogen) atoms. The Hall–Kier alpha value is -2.51. The molecule has 166 valence electrons. The van der Waals surface area contributed by atoms with E-state index in [0.29, 0.717) is 65.2 Å². The molecule has 2 amide bonds. The van der Waals surface area contributed by atoms with Gasteiger partial charge < -0.3 is 19.9 Å². The van der Waals surface area contributed by atoms with Gasteiger partial charge in [0.05, 0.1) is 24.4 Å². The number of amides is 2. The topological polar surface area (TPSA) is 61.9 Å². The fourth-order valence-electron chi connectivity index (χ4n) is 3.48. The lowest BCUT2D eigenvalue weighted by Gasteiger charge is -2.34. The normalized spacial score (nSPS) is 13.8. The van der Waals surface area contributed by atoms with Crippen molar-refractivity contribution in [2.45, 2.75) is 13.3 Å². The smallest absolute Gasteiger partial charge is 0.241 e. The maximum atomic E-state index is 13.8. The number of carbonyl (C=O) groups is 2. The molecule has 0 aromatic heterocycles. The van der Waals surface area contributed by atoms with E-state index in [4.69, 9.17) is 27.9 Å². The molecule has 0 radical (unpaired) electrons. The van der Waals surface area contributed by atoms with E-state index in [1.165, 1.54) is 25.3 Å². The Morgan fingerprint density at radius 3 is 2.23 bits per heavy atom. The SMILES string of the molecule is CCC(=O)N1CCN(C(=O)CNc2cc(-c3cc(F)ccc3Cl)c(Cl)cc2OC)CC1.